The Balaban J connectivity index is 1.49. The van der Waals surface area contributed by atoms with Crippen LogP contribution in [0, 0.1) is 18.7 Å². The fourth-order valence-corrected chi connectivity index (χ4v) is 8.05. The number of nitrogens with one attached hydrogen (secondary N) is 1. The minimum Gasteiger partial charge on any atom is -0.421 e. The van der Waals surface area contributed by atoms with E-state index in [4.69, 9.17) is 15.1 Å². The van der Waals surface area contributed by atoms with Gasteiger partial charge < -0.3 is 15.5 Å². The highest BCUT2D eigenvalue weighted by atomic mass is 32.1. The first-order valence-corrected chi connectivity index (χ1v) is 16.4. The van der Waals surface area contributed by atoms with Crippen molar-refractivity contribution in [2.24, 2.45) is 11.7 Å². The zero-order valence-corrected chi connectivity index (χ0v) is 26.7. The molecule has 0 bridgehead atoms. The predicted molar refractivity (Wildman–Crippen MR) is 174 cm³/mol. The molecule has 2 aliphatic rings. The van der Waals surface area contributed by atoms with Gasteiger partial charge in [-0.3, -0.25) is 14.6 Å². The van der Waals surface area contributed by atoms with E-state index < -0.39 is 5.91 Å². The summed E-state index contributed by atoms with van der Waals surface area (Å²) in [7, 11) is 0. The summed E-state index contributed by atoms with van der Waals surface area (Å²) in [4.78, 5) is 33.3. The van der Waals surface area contributed by atoms with Gasteiger partial charge in [0, 0.05) is 35.7 Å². The molecule has 1 aliphatic heterocycles. The van der Waals surface area contributed by atoms with Crippen LogP contribution in [0.5, 0.6) is 0 Å². The van der Waals surface area contributed by atoms with E-state index in [-0.39, 0.29) is 35.4 Å². The van der Waals surface area contributed by atoms with E-state index in [1.54, 1.807) is 19.1 Å². The predicted octanol–water partition coefficient (Wildman–Crippen LogP) is 6.75. The number of benzene rings is 2. The van der Waals surface area contributed by atoms with E-state index in [0.717, 1.165) is 28.8 Å². The molecule has 46 heavy (non-hydrogen) atoms. The van der Waals surface area contributed by atoms with Gasteiger partial charge in [0.25, 0.3) is 11.8 Å². The summed E-state index contributed by atoms with van der Waals surface area (Å²) in [5.74, 6) is -0.255. The van der Waals surface area contributed by atoms with Crippen molar-refractivity contribution in [3.8, 4) is 21.9 Å². The van der Waals surface area contributed by atoms with Gasteiger partial charge in [0.1, 0.15) is 5.82 Å². The largest absolute Gasteiger partial charge is 0.421 e. The first-order valence-electron chi connectivity index (χ1n) is 15.6. The molecule has 0 saturated carbocycles. The number of carbonyl (C=O) groups is 2. The fourth-order valence-electron chi connectivity index (χ4n) is 6.92. The second-order valence-electron chi connectivity index (χ2n) is 12.4. The minimum atomic E-state index is -0.505. The monoisotopic (exact) mass is 635 g/mol. The van der Waals surface area contributed by atoms with Crippen LogP contribution in [-0.4, -0.2) is 33.5 Å². The molecule has 8 nitrogen and oxygen atoms in total. The Hall–Kier alpha value is -4.70. The zero-order chi connectivity index (χ0) is 32.1. The number of aromatic nitrogens is 3. The van der Waals surface area contributed by atoms with Crippen LogP contribution in [0.15, 0.2) is 59.0 Å². The summed E-state index contributed by atoms with van der Waals surface area (Å²) in [6.07, 6.45) is 2.82. The van der Waals surface area contributed by atoms with Gasteiger partial charge >= 0.3 is 0 Å². The molecule has 3 aromatic heterocycles. The molecule has 7 rings (SSSR count). The molecular weight excluding hydrogens is 601 g/mol. The smallest absolute Gasteiger partial charge is 0.259 e. The second-order valence-corrected chi connectivity index (χ2v) is 13.5. The summed E-state index contributed by atoms with van der Waals surface area (Å²) in [5, 5.41) is 11.6. The van der Waals surface area contributed by atoms with Crippen molar-refractivity contribution in [3.05, 3.63) is 110 Å². The lowest BCUT2D eigenvalue weighted by atomic mass is 9.82. The number of fused-ring (bicyclic) bond motifs is 2. The van der Waals surface area contributed by atoms with Crippen molar-refractivity contribution >= 4 is 23.2 Å². The van der Waals surface area contributed by atoms with Crippen LogP contribution in [0.2, 0.25) is 0 Å². The van der Waals surface area contributed by atoms with Crippen LogP contribution >= 0.6 is 11.3 Å². The van der Waals surface area contributed by atoms with Crippen molar-refractivity contribution in [2.75, 3.05) is 6.54 Å². The lowest BCUT2D eigenvalue weighted by molar-refractivity contribution is 0.0934. The molecule has 5 aromatic rings. The Labute approximate surface area is 270 Å². The van der Waals surface area contributed by atoms with Gasteiger partial charge in [-0.2, -0.15) is 0 Å². The van der Waals surface area contributed by atoms with E-state index in [1.165, 1.54) is 34.6 Å². The number of primary amides is 1. The van der Waals surface area contributed by atoms with Crippen molar-refractivity contribution in [1.82, 2.24) is 20.5 Å². The van der Waals surface area contributed by atoms with E-state index in [1.807, 2.05) is 18.2 Å². The van der Waals surface area contributed by atoms with Crippen molar-refractivity contribution in [1.29, 1.82) is 0 Å². The summed E-state index contributed by atoms with van der Waals surface area (Å²) < 4.78 is 19.7. The number of amides is 2. The molecule has 2 atom stereocenters. The van der Waals surface area contributed by atoms with Gasteiger partial charge in [-0.05, 0) is 72.1 Å². The molecule has 0 saturated heterocycles. The number of thiophene rings is 1. The van der Waals surface area contributed by atoms with Crippen molar-refractivity contribution in [3.63, 3.8) is 0 Å². The lowest BCUT2D eigenvalue weighted by Gasteiger charge is -2.30. The van der Waals surface area contributed by atoms with Crippen LogP contribution in [0.1, 0.15) is 91.7 Å². The Kier molecular flexibility index (Phi) is 7.76. The molecular formula is C36H34FN5O3S. The maximum absolute atomic E-state index is 13.9. The third-order valence-corrected chi connectivity index (χ3v) is 10.4. The van der Waals surface area contributed by atoms with E-state index in [9.17, 15) is 14.0 Å². The number of pyridine rings is 1. The Bertz CT molecular complexity index is 1980. The second kappa shape index (κ2) is 11.9. The number of halogens is 1. The third kappa shape index (κ3) is 5.30. The average molecular weight is 636 g/mol. The zero-order valence-electron chi connectivity index (χ0n) is 25.9. The molecule has 2 aromatic carbocycles. The Morgan fingerprint density at radius 3 is 2.57 bits per heavy atom. The summed E-state index contributed by atoms with van der Waals surface area (Å²) in [5.41, 5.74) is 13.4. The number of carbonyl (C=O) groups excluding carboxylic acids is 2. The molecule has 3 N–H and O–H groups in total. The molecule has 0 spiro atoms. The first kappa shape index (κ1) is 30.0. The number of nitrogens with zero attached hydrogens (tertiary/aromatic N) is 3. The Morgan fingerprint density at radius 1 is 1.07 bits per heavy atom. The third-order valence-electron chi connectivity index (χ3n) is 9.21. The standard InChI is InChI=1S/C36H34FN5O3S/c1-18(2)26-17-39-35(44)31-30(28-16-25(33(46-28)34(38)43)24-14-11-21-6-4-5-7-23(21)24)29(36-42-41-19(3)45-36)27(40-32(26)31)15-10-20-8-12-22(37)13-9-20/h4-9,12-13,16,18,24,26H,10-11,14-15,17H2,1-3H3,(H2,38,43)(H,39,44)/t24-,26+/m1/s1. The average Bonchev–Trinajstić information content (AvgIpc) is 3.78. The fraction of sp³-hybridized carbons (Fsp3) is 0.306. The topological polar surface area (TPSA) is 124 Å². The highest BCUT2D eigenvalue weighted by Crippen LogP contribution is 2.48. The molecule has 234 valence electrons. The van der Waals surface area contributed by atoms with Crippen LogP contribution in [0.3, 0.4) is 0 Å². The van der Waals surface area contributed by atoms with Crippen LogP contribution in [0.25, 0.3) is 21.9 Å². The molecule has 4 heterocycles. The normalized spacial score (nSPS) is 17.2. The number of hydrogen-bond donors (Lipinski definition) is 2. The van der Waals surface area contributed by atoms with Crippen LogP contribution < -0.4 is 11.1 Å². The van der Waals surface area contributed by atoms with Gasteiger partial charge in [-0.25, -0.2) is 4.39 Å². The molecule has 0 unspecified atom stereocenters. The molecule has 2 amide bonds. The first-order chi connectivity index (χ1) is 22.2. The summed E-state index contributed by atoms with van der Waals surface area (Å²) in [6, 6.07) is 16.7. The number of aryl methyl sites for hydroxylation is 4. The van der Waals surface area contributed by atoms with Crippen LogP contribution in [0.4, 0.5) is 4.39 Å². The maximum Gasteiger partial charge on any atom is 0.259 e. The summed E-state index contributed by atoms with van der Waals surface area (Å²) >= 11 is 1.29. The van der Waals surface area contributed by atoms with E-state index >= 15 is 0 Å². The van der Waals surface area contributed by atoms with E-state index in [2.05, 4.69) is 41.5 Å². The number of hydrogen-bond acceptors (Lipinski definition) is 7. The quantitative estimate of drug-likeness (QED) is 0.194. The van der Waals surface area contributed by atoms with Gasteiger partial charge in [0.15, 0.2) is 0 Å². The number of nitrogens with two attached hydrogens (primary N) is 1. The van der Waals surface area contributed by atoms with Gasteiger partial charge in [0.05, 0.1) is 27.4 Å². The van der Waals surface area contributed by atoms with Crippen molar-refractivity contribution in [2.45, 2.75) is 58.3 Å². The molecule has 0 fully saturated rings. The Morgan fingerprint density at radius 2 is 1.85 bits per heavy atom. The van der Waals surface area contributed by atoms with Gasteiger partial charge in [-0.15, -0.1) is 21.5 Å². The van der Waals surface area contributed by atoms with E-state index in [0.29, 0.717) is 58.2 Å². The number of rotatable bonds is 8. The highest BCUT2D eigenvalue weighted by molar-refractivity contribution is 7.17. The summed E-state index contributed by atoms with van der Waals surface area (Å²) in [6.45, 7) is 6.42. The molecule has 10 heteroatoms. The minimum absolute atomic E-state index is 0.00523. The highest BCUT2D eigenvalue weighted by Gasteiger charge is 2.37. The van der Waals surface area contributed by atoms with Gasteiger partial charge in [0.2, 0.25) is 11.8 Å². The SMILES string of the molecule is Cc1nnc(-c2c(CCc3ccc(F)cc3)nc3c(c2-c2cc([C@@H]4CCc5ccccc54)c(C(N)=O)s2)C(=O)NC[C@H]3C(C)C)o1. The lowest BCUT2D eigenvalue weighted by Crippen LogP contribution is -2.38. The molecule has 1 aliphatic carbocycles. The molecule has 0 radical (unpaired) electrons. The van der Waals surface area contributed by atoms with Crippen LogP contribution in [-0.2, 0) is 19.3 Å². The van der Waals surface area contributed by atoms with Crippen molar-refractivity contribution < 1.29 is 18.4 Å². The van der Waals surface area contributed by atoms with Gasteiger partial charge in [-0.1, -0.05) is 50.2 Å². The maximum atomic E-state index is 13.9.